The summed E-state index contributed by atoms with van der Waals surface area (Å²) in [6, 6.07) is 10.7. The summed E-state index contributed by atoms with van der Waals surface area (Å²) >= 11 is 0. The molecule has 6 nitrogen and oxygen atoms in total. The highest BCUT2D eigenvalue weighted by Crippen LogP contribution is 2.28. The standard InChI is InChI=1S/C17H20N2O4/c1-11(18-16-6-4-5-13(19-16)17(20)21)9-12-7-8-14(22-2)15(10-12)23-3/h4-8,10-11H,9H2,1-3H3,(H,18,19)(H,20,21). The molecule has 0 spiro atoms. The molecule has 0 bridgehead atoms. The first-order chi connectivity index (χ1) is 11.0. The van der Waals surface area contributed by atoms with Crippen molar-refractivity contribution >= 4 is 11.8 Å². The highest BCUT2D eigenvalue weighted by Gasteiger charge is 2.10. The highest BCUT2D eigenvalue weighted by molar-refractivity contribution is 5.85. The Bertz CT molecular complexity index is 688. The quantitative estimate of drug-likeness (QED) is 0.817. The van der Waals surface area contributed by atoms with Crippen molar-refractivity contribution in [1.29, 1.82) is 0 Å². The summed E-state index contributed by atoms with van der Waals surface area (Å²) in [6.07, 6.45) is 0.735. The molecule has 0 radical (unpaired) electrons. The molecule has 0 saturated carbocycles. The summed E-state index contributed by atoms with van der Waals surface area (Å²) in [5, 5.41) is 12.2. The Labute approximate surface area is 135 Å². The number of benzene rings is 1. The molecule has 0 fully saturated rings. The monoisotopic (exact) mass is 316 g/mol. The van der Waals surface area contributed by atoms with Crippen LogP contribution < -0.4 is 14.8 Å². The smallest absolute Gasteiger partial charge is 0.354 e. The third-order valence-electron chi connectivity index (χ3n) is 3.35. The van der Waals surface area contributed by atoms with Gasteiger partial charge in [-0.05, 0) is 43.2 Å². The number of anilines is 1. The van der Waals surface area contributed by atoms with Crippen molar-refractivity contribution in [2.75, 3.05) is 19.5 Å². The fourth-order valence-corrected chi connectivity index (χ4v) is 2.30. The Morgan fingerprint density at radius 1 is 1.22 bits per heavy atom. The molecular weight excluding hydrogens is 296 g/mol. The van der Waals surface area contributed by atoms with Crippen LogP contribution in [0.2, 0.25) is 0 Å². The predicted molar refractivity (Wildman–Crippen MR) is 87.5 cm³/mol. The molecule has 2 N–H and O–H groups in total. The Morgan fingerprint density at radius 3 is 2.61 bits per heavy atom. The molecule has 1 aromatic carbocycles. The van der Waals surface area contributed by atoms with E-state index in [0.717, 1.165) is 12.0 Å². The number of carboxylic acids is 1. The van der Waals surface area contributed by atoms with Crippen LogP contribution in [0.5, 0.6) is 11.5 Å². The second-order valence-corrected chi connectivity index (χ2v) is 5.15. The first-order valence-corrected chi connectivity index (χ1v) is 7.21. The van der Waals surface area contributed by atoms with Gasteiger partial charge in [0, 0.05) is 6.04 Å². The molecule has 2 rings (SSSR count). The molecule has 23 heavy (non-hydrogen) atoms. The molecule has 1 aromatic heterocycles. The second-order valence-electron chi connectivity index (χ2n) is 5.15. The Balaban J connectivity index is 2.06. The number of aromatic nitrogens is 1. The second kappa shape index (κ2) is 7.49. The normalized spacial score (nSPS) is 11.6. The van der Waals surface area contributed by atoms with E-state index in [1.807, 2.05) is 25.1 Å². The number of rotatable bonds is 7. The number of carbonyl (C=O) groups is 1. The van der Waals surface area contributed by atoms with Crippen molar-refractivity contribution in [1.82, 2.24) is 4.98 Å². The summed E-state index contributed by atoms with van der Waals surface area (Å²) < 4.78 is 10.5. The van der Waals surface area contributed by atoms with Crippen molar-refractivity contribution in [3.63, 3.8) is 0 Å². The lowest BCUT2D eigenvalue weighted by Crippen LogP contribution is -2.19. The maximum absolute atomic E-state index is 10.9. The van der Waals surface area contributed by atoms with E-state index in [2.05, 4.69) is 10.3 Å². The van der Waals surface area contributed by atoms with Gasteiger partial charge in [0.2, 0.25) is 0 Å². The lowest BCUT2D eigenvalue weighted by Gasteiger charge is -2.16. The van der Waals surface area contributed by atoms with Crippen molar-refractivity contribution in [3.8, 4) is 11.5 Å². The maximum atomic E-state index is 10.9. The van der Waals surface area contributed by atoms with Gasteiger partial charge in [-0.25, -0.2) is 9.78 Å². The minimum Gasteiger partial charge on any atom is -0.493 e. The lowest BCUT2D eigenvalue weighted by atomic mass is 10.1. The van der Waals surface area contributed by atoms with Crippen LogP contribution in [0.25, 0.3) is 0 Å². The van der Waals surface area contributed by atoms with Crippen molar-refractivity contribution in [2.45, 2.75) is 19.4 Å². The van der Waals surface area contributed by atoms with E-state index in [1.165, 1.54) is 6.07 Å². The molecular formula is C17H20N2O4. The van der Waals surface area contributed by atoms with Crippen LogP contribution in [0.3, 0.4) is 0 Å². The first kappa shape index (κ1) is 16.6. The van der Waals surface area contributed by atoms with Crippen LogP contribution in [0.1, 0.15) is 23.0 Å². The fourth-order valence-electron chi connectivity index (χ4n) is 2.30. The third kappa shape index (κ3) is 4.35. The molecule has 1 heterocycles. The molecule has 1 unspecified atom stereocenters. The number of hydrogen-bond acceptors (Lipinski definition) is 5. The number of ether oxygens (including phenoxy) is 2. The van der Waals surface area contributed by atoms with Gasteiger partial charge in [-0.1, -0.05) is 12.1 Å². The van der Waals surface area contributed by atoms with E-state index >= 15 is 0 Å². The zero-order valence-electron chi connectivity index (χ0n) is 13.4. The average Bonchev–Trinajstić information content (AvgIpc) is 2.54. The van der Waals surface area contributed by atoms with Crippen LogP contribution in [0, 0.1) is 0 Å². The largest absolute Gasteiger partial charge is 0.493 e. The van der Waals surface area contributed by atoms with Crippen LogP contribution in [0.4, 0.5) is 5.82 Å². The number of methoxy groups -OCH3 is 2. The van der Waals surface area contributed by atoms with Gasteiger partial charge in [0.25, 0.3) is 0 Å². The average molecular weight is 316 g/mol. The van der Waals surface area contributed by atoms with E-state index in [0.29, 0.717) is 17.3 Å². The topological polar surface area (TPSA) is 80.7 Å². The SMILES string of the molecule is COc1ccc(CC(C)Nc2cccc(C(=O)O)n2)cc1OC. The molecule has 0 aliphatic carbocycles. The van der Waals surface area contributed by atoms with Crippen LogP contribution in [-0.4, -0.2) is 36.3 Å². The van der Waals surface area contributed by atoms with E-state index in [4.69, 9.17) is 14.6 Å². The van der Waals surface area contributed by atoms with E-state index in [-0.39, 0.29) is 11.7 Å². The van der Waals surface area contributed by atoms with Gasteiger partial charge in [-0.15, -0.1) is 0 Å². The van der Waals surface area contributed by atoms with Crippen LogP contribution >= 0.6 is 0 Å². The van der Waals surface area contributed by atoms with Crippen molar-refractivity contribution in [2.24, 2.45) is 0 Å². The minimum absolute atomic E-state index is 0.0216. The Morgan fingerprint density at radius 2 is 1.96 bits per heavy atom. The number of nitrogens with zero attached hydrogens (tertiary/aromatic N) is 1. The molecule has 2 aromatic rings. The van der Waals surface area contributed by atoms with E-state index in [1.54, 1.807) is 26.4 Å². The lowest BCUT2D eigenvalue weighted by molar-refractivity contribution is 0.0690. The number of pyridine rings is 1. The van der Waals surface area contributed by atoms with Gasteiger partial charge in [0.05, 0.1) is 14.2 Å². The van der Waals surface area contributed by atoms with Gasteiger partial charge < -0.3 is 19.9 Å². The summed E-state index contributed by atoms with van der Waals surface area (Å²) in [5.74, 6) is 0.870. The van der Waals surface area contributed by atoms with Crippen LogP contribution in [0.15, 0.2) is 36.4 Å². The Kier molecular flexibility index (Phi) is 5.41. The van der Waals surface area contributed by atoms with Crippen LogP contribution in [-0.2, 0) is 6.42 Å². The fraction of sp³-hybridized carbons (Fsp3) is 0.294. The Hall–Kier alpha value is -2.76. The van der Waals surface area contributed by atoms with Crippen molar-refractivity contribution < 1.29 is 19.4 Å². The minimum atomic E-state index is -1.04. The van der Waals surface area contributed by atoms with Gasteiger partial charge >= 0.3 is 5.97 Å². The summed E-state index contributed by atoms with van der Waals surface area (Å²) in [5.41, 5.74) is 1.10. The van der Waals surface area contributed by atoms with Crippen molar-refractivity contribution in [3.05, 3.63) is 47.7 Å². The molecule has 0 saturated heterocycles. The number of nitrogens with one attached hydrogen (secondary N) is 1. The molecule has 122 valence electrons. The highest BCUT2D eigenvalue weighted by atomic mass is 16.5. The molecule has 0 aliphatic rings. The predicted octanol–water partition coefficient (Wildman–Crippen LogP) is 2.84. The number of hydrogen-bond donors (Lipinski definition) is 2. The number of carboxylic acid groups (broad SMARTS) is 1. The molecule has 6 heteroatoms. The van der Waals surface area contributed by atoms with Gasteiger partial charge in [-0.2, -0.15) is 0 Å². The molecule has 0 aliphatic heterocycles. The zero-order valence-corrected chi connectivity index (χ0v) is 13.4. The summed E-state index contributed by atoms with van der Waals surface area (Å²) in [4.78, 5) is 15.0. The summed E-state index contributed by atoms with van der Waals surface area (Å²) in [7, 11) is 3.20. The van der Waals surface area contributed by atoms with E-state index in [9.17, 15) is 4.79 Å². The summed E-state index contributed by atoms with van der Waals surface area (Å²) in [6.45, 7) is 2.01. The van der Waals surface area contributed by atoms with E-state index < -0.39 is 5.97 Å². The number of aromatic carboxylic acids is 1. The zero-order chi connectivity index (χ0) is 16.8. The van der Waals surface area contributed by atoms with Gasteiger partial charge in [0.15, 0.2) is 17.2 Å². The van der Waals surface area contributed by atoms with Gasteiger partial charge in [0.1, 0.15) is 5.82 Å². The first-order valence-electron chi connectivity index (χ1n) is 7.21. The van der Waals surface area contributed by atoms with Gasteiger partial charge in [-0.3, -0.25) is 0 Å². The molecule has 0 amide bonds. The maximum Gasteiger partial charge on any atom is 0.354 e. The molecule has 1 atom stereocenters. The third-order valence-corrected chi connectivity index (χ3v) is 3.35.